The number of furan rings is 1. The molecular weight excluding hydrogens is 288 g/mol. The Morgan fingerprint density at radius 1 is 1.13 bits per heavy atom. The van der Waals surface area contributed by atoms with Crippen LogP contribution in [0.25, 0.3) is 11.6 Å². The lowest BCUT2D eigenvalue weighted by Crippen LogP contribution is -2.45. The van der Waals surface area contributed by atoms with Gasteiger partial charge in [-0.25, -0.2) is 0 Å². The van der Waals surface area contributed by atoms with Crippen LogP contribution >= 0.6 is 0 Å². The Hall–Kier alpha value is -2.33. The van der Waals surface area contributed by atoms with Crippen molar-refractivity contribution < 1.29 is 9.21 Å². The first-order valence-electron chi connectivity index (χ1n) is 8.11. The molecule has 1 amide bonds. The molecule has 1 aromatic heterocycles. The Morgan fingerprint density at radius 3 is 2.65 bits per heavy atom. The van der Waals surface area contributed by atoms with Gasteiger partial charge in [-0.3, -0.25) is 4.79 Å². The number of carbonyl (C=O) groups is 1. The summed E-state index contributed by atoms with van der Waals surface area (Å²) in [7, 11) is 2.14. The molecule has 1 aromatic carbocycles. The van der Waals surface area contributed by atoms with Crippen molar-refractivity contribution in [1.29, 1.82) is 0 Å². The van der Waals surface area contributed by atoms with Crippen LogP contribution in [0.4, 0.5) is 5.69 Å². The van der Waals surface area contributed by atoms with Crippen molar-refractivity contribution in [3.8, 4) is 0 Å². The third-order valence-electron chi connectivity index (χ3n) is 4.79. The first-order valence-corrected chi connectivity index (χ1v) is 8.11. The number of piperidine rings is 1. The van der Waals surface area contributed by atoms with E-state index in [1.807, 2.05) is 41.3 Å². The van der Waals surface area contributed by atoms with Gasteiger partial charge in [0.2, 0.25) is 0 Å². The molecule has 0 radical (unpaired) electrons. The third kappa shape index (κ3) is 2.49. The van der Waals surface area contributed by atoms with Gasteiger partial charge in [-0.15, -0.1) is 0 Å². The van der Waals surface area contributed by atoms with E-state index in [0.29, 0.717) is 5.76 Å². The van der Waals surface area contributed by atoms with Gasteiger partial charge in [-0.2, -0.15) is 0 Å². The van der Waals surface area contributed by atoms with Crippen LogP contribution in [-0.2, 0) is 4.79 Å². The van der Waals surface area contributed by atoms with Gasteiger partial charge < -0.3 is 14.2 Å². The highest BCUT2D eigenvalue weighted by Gasteiger charge is 2.37. The van der Waals surface area contributed by atoms with Gasteiger partial charge >= 0.3 is 0 Å². The lowest BCUT2D eigenvalue weighted by molar-refractivity contribution is -0.113. The number of fused-ring (bicyclic) bond motifs is 1. The van der Waals surface area contributed by atoms with E-state index in [1.165, 1.54) is 0 Å². The Bertz CT molecular complexity index is 740. The summed E-state index contributed by atoms with van der Waals surface area (Å²) in [5.74, 6) is 0.811. The minimum atomic E-state index is 0.0946. The Balaban J connectivity index is 1.73. The van der Waals surface area contributed by atoms with E-state index >= 15 is 0 Å². The maximum Gasteiger partial charge on any atom is 0.259 e. The zero-order chi connectivity index (χ0) is 15.8. The summed E-state index contributed by atoms with van der Waals surface area (Å²) in [4.78, 5) is 17.4. The van der Waals surface area contributed by atoms with Crippen LogP contribution in [0.3, 0.4) is 0 Å². The van der Waals surface area contributed by atoms with Crippen molar-refractivity contribution in [2.75, 3.05) is 25.0 Å². The van der Waals surface area contributed by atoms with Gasteiger partial charge in [0.15, 0.2) is 0 Å². The number of likely N-dealkylation sites (tertiary alicyclic amines) is 1. The average molecular weight is 308 g/mol. The monoisotopic (exact) mass is 308 g/mol. The topological polar surface area (TPSA) is 36.7 Å². The first-order chi connectivity index (χ1) is 11.2. The quantitative estimate of drug-likeness (QED) is 0.799. The molecular formula is C19H20N2O2. The second-order valence-electron chi connectivity index (χ2n) is 6.30. The summed E-state index contributed by atoms with van der Waals surface area (Å²) < 4.78 is 5.40. The van der Waals surface area contributed by atoms with Crippen LogP contribution < -0.4 is 4.90 Å². The van der Waals surface area contributed by atoms with Crippen LogP contribution in [0, 0.1) is 0 Å². The van der Waals surface area contributed by atoms with E-state index in [2.05, 4.69) is 18.0 Å². The molecule has 2 aliphatic rings. The molecule has 1 fully saturated rings. The molecule has 23 heavy (non-hydrogen) atoms. The van der Waals surface area contributed by atoms with Crippen LogP contribution in [0.5, 0.6) is 0 Å². The number of carbonyl (C=O) groups excluding carboxylic acids is 1. The fraction of sp³-hybridized carbons (Fsp3) is 0.316. The van der Waals surface area contributed by atoms with Gasteiger partial charge in [0.1, 0.15) is 5.76 Å². The van der Waals surface area contributed by atoms with E-state index in [0.717, 1.165) is 42.8 Å². The minimum absolute atomic E-state index is 0.0946. The number of nitrogens with zero attached hydrogens (tertiary/aromatic N) is 2. The molecule has 2 aromatic rings. The van der Waals surface area contributed by atoms with Crippen molar-refractivity contribution in [3.05, 3.63) is 54.0 Å². The molecule has 0 unspecified atom stereocenters. The maximum atomic E-state index is 13.1. The summed E-state index contributed by atoms with van der Waals surface area (Å²) in [5.41, 5.74) is 2.77. The molecule has 4 rings (SSSR count). The number of rotatable bonds is 2. The molecule has 0 atom stereocenters. The summed E-state index contributed by atoms with van der Waals surface area (Å²) in [6, 6.07) is 12.1. The minimum Gasteiger partial charge on any atom is -0.465 e. The molecule has 0 spiro atoms. The molecule has 3 heterocycles. The molecule has 4 heteroatoms. The number of anilines is 1. The highest BCUT2D eigenvalue weighted by molar-refractivity contribution is 6.35. The van der Waals surface area contributed by atoms with Gasteiger partial charge in [0.05, 0.1) is 17.5 Å². The van der Waals surface area contributed by atoms with Gasteiger partial charge in [0.25, 0.3) is 5.91 Å². The lowest BCUT2D eigenvalue weighted by atomic mass is 10.0. The lowest BCUT2D eigenvalue weighted by Gasteiger charge is -2.35. The van der Waals surface area contributed by atoms with Gasteiger partial charge in [-0.1, -0.05) is 18.2 Å². The predicted octanol–water partition coefficient (Wildman–Crippen LogP) is 3.26. The van der Waals surface area contributed by atoms with Gasteiger partial charge in [-0.05, 0) is 57.3 Å². The SMILES string of the molecule is CN1CCC(N2C(=O)/C(=C\c3ccco3)c3ccccc32)CC1. The van der Waals surface area contributed by atoms with Crippen molar-refractivity contribution in [2.24, 2.45) is 0 Å². The van der Waals surface area contributed by atoms with Crippen LogP contribution in [0.2, 0.25) is 0 Å². The fourth-order valence-corrected chi connectivity index (χ4v) is 3.54. The van der Waals surface area contributed by atoms with Gasteiger partial charge in [0, 0.05) is 11.6 Å². The predicted molar refractivity (Wildman–Crippen MR) is 91.0 cm³/mol. The summed E-state index contributed by atoms with van der Waals surface area (Å²) in [6.45, 7) is 2.07. The normalized spacial score (nSPS) is 21.2. The van der Waals surface area contributed by atoms with Crippen molar-refractivity contribution in [1.82, 2.24) is 4.90 Å². The highest BCUT2D eigenvalue weighted by Crippen LogP contribution is 2.40. The first kappa shape index (κ1) is 14.3. The second kappa shape index (κ2) is 5.70. The zero-order valence-electron chi connectivity index (χ0n) is 13.2. The molecule has 118 valence electrons. The zero-order valence-corrected chi connectivity index (χ0v) is 13.2. The number of hydrogen-bond donors (Lipinski definition) is 0. The number of benzene rings is 1. The van der Waals surface area contributed by atoms with Crippen LogP contribution in [-0.4, -0.2) is 37.0 Å². The molecule has 0 saturated carbocycles. The molecule has 4 nitrogen and oxygen atoms in total. The smallest absolute Gasteiger partial charge is 0.259 e. The Morgan fingerprint density at radius 2 is 1.91 bits per heavy atom. The summed E-state index contributed by atoms with van der Waals surface area (Å²) >= 11 is 0. The van der Waals surface area contributed by atoms with Crippen molar-refractivity contribution in [2.45, 2.75) is 18.9 Å². The number of amides is 1. The Kier molecular flexibility index (Phi) is 3.54. The third-order valence-corrected chi connectivity index (χ3v) is 4.79. The van der Waals surface area contributed by atoms with Crippen molar-refractivity contribution in [3.63, 3.8) is 0 Å². The van der Waals surface area contributed by atoms with E-state index in [4.69, 9.17) is 4.42 Å². The Labute approximate surface area is 136 Å². The van der Waals surface area contributed by atoms with E-state index < -0.39 is 0 Å². The largest absolute Gasteiger partial charge is 0.465 e. The fourth-order valence-electron chi connectivity index (χ4n) is 3.54. The molecule has 0 aliphatic carbocycles. The molecule has 2 aliphatic heterocycles. The van der Waals surface area contributed by atoms with Crippen LogP contribution in [0.1, 0.15) is 24.2 Å². The van der Waals surface area contributed by atoms with Crippen molar-refractivity contribution >= 4 is 23.2 Å². The standard InChI is InChI=1S/C19H20N2O2/c1-20-10-8-14(9-11-20)21-18-7-3-2-6-16(18)17(19(21)22)13-15-5-4-12-23-15/h2-7,12-14H,8-11H2,1H3/b17-13-. The summed E-state index contributed by atoms with van der Waals surface area (Å²) in [6.07, 6.45) is 5.53. The molecule has 0 N–H and O–H groups in total. The van der Waals surface area contributed by atoms with E-state index in [9.17, 15) is 4.79 Å². The van der Waals surface area contributed by atoms with E-state index in [1.54, 1.807) is 6.26 Å². The number of hydrogen-bond acceptors (Lipinski definition) is 3. The average Bonchev–Trinajstić information content (AvgIpc) is 3.17. The number of para-hydroxylation sites is 1. The molecule has 1 saturated heterocycles. The van der Waals surface area contributed by atoms with E-state index in [-0.39, 0.29) is 11.9 Å². The molecule has 0 bridgehead atoms. The summed E-state index contributed by atoms with van der Waals surface area (Å²) in [5, 5.41) is 0. The maximum absolute atomic E-state index is 13.1. The highest BCUT2D eigenvalue weighted by atomic mass is 16.3. The second-order valence-corrected chi connectivity index (χ2v) is 6.30. The van der Waals surface area contributed by atoms with Crippen LogP contribution in [0.15, 0.2) is 47.1 Å².